The van der Waals surface area contributed by atoms with E-state index >= 15 is 0 Å². The summed E-state index contributed by atoms with van der Waals surface area (Å²) in [5, 5.41) is 8.80. The van der Waals surface area contributed by atoms with Crippen LogP contribution in [0.3, 0.4) is 0 Å². The number of benzene rings is 1. The van der Waals surface area contributed by atoms with Crippen LogP contribution in [0.1, 0.15) is 19.4 Å². The fourth-order valence-electron chi connectivity index (χ4n) is 1.72. The van der Waals surface area contributed by atoms with Gasteiger partial charge in [-0.3, -0.25) is 9.59 Å². The van der Waals surface area contributed by atoms with E-state index in [-0.39, 0.29) is 18.3 Å². The van der Waals surface area contributed by atoms with Gasteiger partial charge in [0, 0.05) is 12.6 Å². The fraction of sp³-hybridized carbons (Fsp3) is 0.333. The molecule has 1 rings (SSSR count). The van der Waals surface area contributed by atoms with E-state index in [0.717, 1.165) is 0 Å². The third kappa shape index (κ3) is 5.65. The summed E-state index contributed by atoms with van der Waals surface area (Å²) in [6.45, 7) is 3.82. The van der Waals surface area contributed by atoms with Crippen LogP contribution in [-0.4, -0.2) is 35.0 Å². The number of hydrogen-bond donors (Lipinski definition) is 1. The van der Waals surface area contributed by atoms with Gasteiger partial charge < -0.3 is 10.0 Å². The molecule has 0 aliphatic heterocycles. The number of carbonyl (C=O) groups is 2. The van der Waals surface area contributed by atoms with Gasteiger partial charge in [-0.1, -0.05) is 26.0 Å². The third-order valence-corrected chi connectivity index (χ3v) is 2.49. The Morgan fingerprint density at radius 3 is 2.65 bits per heavy atom. The van der Waals surface area contributed by atoms with E-state index in [0.29, 0.717) is 12.1 Å². The summed E-state index contributed by atoms with van der Waals surface area (Å²) >= 11 is 0. The maximum atomic E-state index is 13.0. The first-order valence-electron chi connectivity index (χ1n) is 6.33. The van der Waals surface area contributed by atoms with Crippen LogP contribution in [0.25, 0.3) is 6.08 Å². The van der Waals surface area contributed by atoms with Gasteiger partial charge in [0.2, 0.25) is 5.91 Å². The molecule has 5 heteroatoms. The van der Waals surface area contributed by atoms with Crippen molar-refractivity contribution in [2.75, 3.05) is 13.1 Å². The molecule has 0 radical (unpaired) electrons. The standard InChI is InChI=1S/C15H18FNO3/c1-11(2)9-17(10-15(19)20)14(18)7-6-12-4-3-5-13(16)8-12/h3-8,11H,9-10H2,1-2H3,(H,19,20). The summed E-state index contributed by atoms with van der Waals surface area (Å²) in [7, 11) is 0. The summed E-state index contributed by atoms with van der Waals surface area (Å²) in [5.41, 5.74) is 0.554. The Morgan fingerprint density at radius 1 is 1.40 bits per heavy atom. The van der Waals surface area contributed by atoms with Crippen molar-refractivity contribution >= 4 is 18.0 Å². The highest BCUT2D eigenvalue weighted by molar-refractivity contribution is 5.93. The Morgan fingerprint density at radius 2 is 2.10 bits per heavy atom. The second kappa shape index (κ2) is 7.43. The largest absolute Gasteiger partial charge is 0.480 e. The van der Waals surface area contributed by atoms with Crippen LogP contribution in [-0.2, 0) is 9.59 Å². The predicted octanol–water partition coefficient (Wildman–Crippen LogP) is 2.41. The summed E-state index contributed by atoms with van der Waals surface area (Å²) in [6, 6.07) is 5.82. The third-order valence-electron chi connectivity index (χ3n) is 2.49. The fourth-order valence-corrected chi connectivity index (χ4v) is 1.72. The SMILES string of the molecule is CC(C)CN(CC(=O)O)C(=O)C=Cc1cccc(F)c1. The second-order valence-electron chi connectivity index (χ2n) is 4.89. The quantitative estimate of drug-likeness (QED) is 0.813. The Hall–Kier alpha value is -2.17. The van der Waals surface area contributed by atoms with Crippen molar-refractivity contribution in [2.24, 2.45) is 5.92 Å². The van der Waals surface area contributed by atoms with Gasteiger partial charge >= 0.3 is 5.97 Å². The number of halogens is 1. The Labute approximate surface area is 117 Å². The molecule has 0 fully saturated rings. The van der Waals surface area contributed by atoms with Crippen LogP contribution in [0.2, 0.25) is 0 Å². The predicted molar refractivity (Wildman–Crippen MR) is 74.5 cm³/mol. The van der Waals surface area contributed by atoms with Crippen LogP contribution in [0, 0.1) is 11.7 Å². The molecule has 1 aromatic carbocycles. The number of nitrogens with zero attached hydrogens (tertiary/aromatic N) is 1. The summed E-state index contributed by atoms with van der Waals surface area (Å²) < 4.78 is 13.0. The van der Waals surface area contributed by atoms with E-state index < -0.39 is 11.9 Å². The van der Waals surface area contributed by atoms with E-state index in [2.05, 4.69) is 0 Å². The molecule has 0 aliphatic carbocycles. The van der Waals surface area contributed by atoms with Crippen molar-refractivity contribution in [1.29, 1.82) is 0 Å². The number of carboxylic acids is 1. The molecule has 0 aliphatic rings. The Bertz CT molecular complexity index is 512. The second-order valence-corrected chi connectivity index (χ2v) is 4.89. The van der Waals surface area contributed by atoms with E-state index in [9.17, 15) is 14.0 Å². The van der Waals surface area contributed by atoms with Gasteiger partial charge in [-0.15, -0.1) is 0 Å². The smallest absolute Gasteiger partial charge is 0.323 e. The molecule has 0 bridgehead atoms. The first-order valence-corrected chi connectivity index (χ1v) is 6.33. The normalized spacial score (nSPS) is 11.0. The minimum absolute atomic E-state index is 0.167. The average molecular weight is 279 g/mol. The number of amides is 1. The molecule has 0 saturated carbocycles. The minimum atomic E-state index is -1.06. The Balaban J connectivity index is 2.76. The van der Waals surface area contributed by atoms with Crippen molar-refractivity contribution in [3.8, 4) is 0 Å². The van der Waals surface area contributed by atoms with E-state index in [4.69, 9.17) is 5.11 Å². The maximum Gasteiger partial charge on any atom is 0.323 e. The van der Waals surface area contributed by atoms with Gasteiger partial charge in [-0.05, 0) is 29.7 Å². The monoisotopic (exact) mass is 279 g/mol. The van der Waals surface area contributed by atoms with Gasteiger partial charge in [0.25, 0.3) is 0 Å². The van der Waals surface area contributed by atoms with E-state index in [1.54, 1.807) is 12.1 Å². The van der Waals surface area contributed by atoms with E-state index in [1.165, 1.54) is 29.2 Å². The molecular weight excluding hydrogens is 261 g/mol. The van der Waals surface area contributed by atoms with Crippen LogP contribution < -0.4 is 0 Å². The van der Waals surface area contributed by atoms with Crippen molar-refractivity contribution in [3.05, 3.63) is 41.7 Å². The molecule has 0 saturated heterocycles. The van der Waals surface area contributed by atoms with Gasteiger partial charge in [-0.25, -0.2) is 4.39 Å². The van der Waals surface area contributed by atoms with Gasteiger partial charge in [-0.2, -0.15) is 0 Å². The zero-order valence-corrected chi connectivity index (χ0v) is 11.5. The topological polar surface area (TPSA) is 57.6 Å². The molecule has 1 N–H and O–H groups in total. The lowest BCUT2D eigenvalue weighted by Crippen LogP contribution is -2.37. The maximum absolute atomic E-state index is 13.0. The molecule has 1 amide bonds. The lowest BCUT2D eigenvalue weighted by atomic mass is 10.2. The first kappa shape index (κ1) is 15.9. The van der Waals surface area contributed by atoms with Crippen molar-refractivity contribution < 1.29 is 19.1 Å². The number of carboxylic acid groups (broad SMARTS) is 1. The van der Waals surface area contributed by atoms with Crippen LogP contribution >= 0.6 is 0 Å². The van der Waals surface area contributed by atoms with Gasteiger partial charge in [0.1, 0.15) is 12.4 Å². The van der Waals surface area contributed by atoms with Gasteiger partial charge in [0.15, 0.2) is 0 Å². The highest BCUT2D eigenvalue weighted by atomic mass is 19.1. The molecule has 0 atom stereocenters. The molecule has 108 valence electrons. The zero-order valence-electron chi connectivity index (χ0n) is 11.5. The molecular formula is C15H18FNO3. The van der Waals surface area contributed by atoms with Crippen molar-refractivity contribution in [1.82, 2.24) is 4.90 Å². The lowest BCUT2D eigenvalue weighted by Gasteiger charge is -2.21. The zero-order chi connectivity index (χ0) is 15.1. The highest BCUT2D eigenvalue weighted by Crippen LogP contribution is 2.07. The minimum Gasteiger partial charge on any atom is -0.480 e. The first-order chi connectivity index (χ1) is 9.38. The van der Waals surface area contributed by atoms with Crippen LogP contribution in [0.4, 0.5) is 4.39 Å². The van der Waals surface area contributed by atoms with Crippen molar-refractivity contribution in [2.45, 2.75) is 13.8 Å². The molecule has 0 heterocycles. The molecule has 20 heavy (non-hydrogen) atoms. The van der Waals surface area contributed by atoms with E-state index in [1.807, 2.05) is 13.8 Å². The molecule has 0 unspecified atom stereocenters. The highest BCUT2D eigenvalue weighted by Gasteiger charge is 2.15. The number of carbonyl (C=O) groups excluding carboxylic acids is 1. The number of rotatable bonds is 6. The number of aliphatic carboxylic acids is 1. The molecule has 0 aromatic heterocycles. The summed E-state index contributed by atoms with van der Waals surface area (Å²) in [5.74, 6) is -1.67. The van der Waals surface area contributed by atoms with Crippen LogP contribution in [0.15, 0.2) is 30.3 Å². The van der Waals surface area contributed by atoms with Gasteiger partial charge in [0.05, 0.1) is 0 Å². The Kier molecular flexibility index (Phi) is 5.90. The average Bonchev–Trinajstić information content (AvgIpc) is 2.34. The molecule has 1 aromatic rings. The number of hydrogen-bond acceptors (Lipinski definition) is 2. The lowest BCUT2D eigenvalue weighted by molar-refractivity contribution is -0.143. The summed E-state index contributed by atoms with van der Waals surface area (Å²) in [6.07, 6.45) is 2.74. The van der Waals surface area contributed by atoms with Crippen molar-refractivity contribution in [3.63, 3.8) is 0 Å². The molecule has 0 spiro atoms. The molecule has 4 nitrogen and oxygen atoms in total. The summed E-state index contributed by atoms with van der Waals surface area (Å²) in [4.78, 5) is 24.0. The van der Waals surface area contributed by atoms with Crippen LogP contribution in [0.5, 0.6) is 0 Å².